The minimum Gasteiger partial charge on any atom is -0.497 e. The predicted octanol–water partition coefficient (Wildman–Crippen LogP) is 1.62. The highest BCUT2D eigenvalue weighted by atomic mass is 16.5. The van der Waals surface area contributed by atoms with E-state index in [1.165, 1.54) is 0 Å². The normalized spacial score (nSPS) is 16.4. The molecule has 138 valence electrons. The van der Waals surface area contributed by atoms with Crippen molar-refractivity contribution in [2.75, 3.05) is 46.4 Å². The van der Waals surface area contributed by atoms with E-state index in [-0.39, 0.29) is 17.7 Å². The predicted molar refractivity (Wildman–Crippen MR) is 97.8 cm³/mol. The van der Waals surface area contributed by atoms with E-state index >= 15 is 0 Å². The molecule has 6 heteroatoms. The number of benzene rings is 1. The molecule has 0 spiro atoms. The molecule has 1 aliphatic rings. The summed E-state index contributed by atoms with van der Waals surface area (Å²) in [5, 5.41) is 2.94. The molecule has 0 aliphatic carbocycles. The van der Waals surface area contributed by atoms with Crippen LogP contribution in [0, 0.1) is 5.92 Å². The zero-order valence-electron chi connectivity index (χ0n) is 15.5. The second-order valence-electron chi connectivity index (χ2n) is 6.46. The van der Waals surface area contributed by atoms with Gasteiger partial charge < -0.3 is 15.0 Å². The van der Waals surface area contributed by atoms with Crippen molar-refractivity contribution in [2.24, 2.45) is 5.92 Å². The number of nitrogens with one attached hydrogen (secondary N) is 1. The Labute approximate surface area is 150 Å². The fraction of sp³-hybridized carbons (Fsp3) is 0.579. The Morgan fingerprint density at radius 3 is 2.36 bits per heavy atom. The van der Waals surface area contributed by atoms with E-state index in [1.54, 1.807) is 31.4 Å². The SMILES string of the molecule is CC[C@H](C)C(=O)N1CCN(CCNC(=O)c2ccc(OC)cc2)CC1. The molecule has 1 fully saturated rings. The van der Waals surface area contributed by atoms with Gasteiger partial charge in [-0.2, -0.15) is 0 Å². The molecule has 0 aromatic heterocycles. The van der Waals surface area contributed by atoms with E-state index in [2.05, 4.69) is 10.2 Å². The molecule has 1 aliphatic heterocycles. The summed E-state index contributed by atoms with van der Waals surface area (Å²) >= 11 is 0. The van der Waals surface area contributed by atoms with Crippen LogP contribution in [0.3, 0.4) is 0 Å². The maximum absolute atomic E-state index is 12.2. The molecule has 2 amide bonds. The van der Waals surface area contributed by atoms with Crippen molar-refractivity contribution in [1.29, 1.82) is 0 Å². The number of carbonyl (C=O) groups is 2. The van der Waals surface area contributed by atoms with Gasteiger partial charge in [0.25, 0.3) is 5.91 Å². The van der Waals surface area contributed by atoms with Crippen molar-refractivity contribution in [1.82, 2.24) is 15.1 Å². The molecule has 1 aromatic carbocycles. The summed E-state index contributed by atoms with van der Waals surface area (Å²) in [6.45, 7) is 8.71. The summed E-state index contributed by atoms with van der Waals surface area (Å²) in [6, 6.07) is 7.08. The lowest BCUT2D eigenvalue weighted by molar-refractivity contribution is -0.136. The second kappa shape index (κ2) is 9.42. The molecule has 6 nitrogen and oxygen atoms in total. The van der Waals surface area contributed by atoms with Gasteiger partial charge in [0, 0.05) is 50.7 Å². The maximum Gasteiger partial charge on any atom is 0.251 e. The van der Waals surface area contributed by atoms with Crippen LogP contribution in [-0.2, 0) is 4.79 Å². The standard InChI is InChI=1S/C19H29N3O3/c1-4-15(2)19(24)22-13-11-21(12-14-22)10-9-20-18(23)16-5-7-17(25-3)8-6-16/h5-8,15H,4,9-14H2,1-3H3,(H,20,23)/t15-/m0/s1. The summed E-state index contributed by atoms with van der Waals surface area (Å²) in [7, 11) is 1.60. The Bertz CT molecular complexity index is 566. The van der Waals surface area contributed by atoms with Gasteiger partial charge in [0.1, 0.15) is 5.75 Å². The zero-order valence-corrected chi connectivity index (χ0v) is 15.5. The maximum atomic E-state index is 12.2. The van der Waals surface area contributed by atoms with Crippen molar-refractivity contribution < 1.29 is 14.3 Å². The van der Waals surface area contributed by atoms with Gasteiger partial charge in [-0.05, 0) is 30.7 Å². The summed E-state index contributed by atoms with van der Waals surface area (Å²) in [6.07, 6.45) is 0.885. The summed E-state index contributed by atoms with van der Waals surface area (Å²) in [5.74, 6) is 1.03. The van der Waals surface area contributed by atoms with Crippen LogP contribution < -0.4 is 10.1 Å². The average molecular weight is 347 g/mol. The molecule has 0 bridgehead atoms. The highest BCUT2D eigenvalue weighted by Gasteiger charge is 2.23. The molecule has 2 rings (SSSR count). The first kappa shape index (κ1) is 19.2. The summed E-state index contributed by atoms with van der Waals surface area (Å²) in [5.41, 5.74) is 0.629. The Hall–Kier alpha value is -2.08. The first-order valence-corrected chi connectivity index (χ1v) is 8.98. The number of nitrogens with zero attached hydrogens (tertiary/aromatic N) is 2. The van der Waals surface area contributed by atoms with Gasteiger partial charge in [0.15, 0.2) is 0 Å². The molecule has 0 saturated carbocycles. The third-order valence-electron chi connectivity index (χ3n) is 4.78. The minimum absolute atomic E-state index is 0.0757. The van der Waals surface area contributed by atoms with Gasteiger partial charge in [-0.15, -0.1) is 0 Å². The molecule has 1 atom stereocenters. The van der Waals surface area contributed by atoms with E-state index in [4.69, 9.17) is 4.74 Å². The Kier molecular flexibility index (Phi) is 7.25. The largest absolute Gasteiger partial charge is 0.497 e. The van der Waals surface area contributed by atoms with Crippen LogP contribution in [0.2, 0.25) is 0 Å². The number of piperazine rings is 1. The smallest absolute Gasteiger partial charge is 0.251 e. The molecule has 1 heterocycles. The van der Waals surface area contributed by atoms with Crippen LogP contribution >= 0.6 is 0 Å². The van der Waals surface area contributed by atoms with E-state index in [1.807, 2.05) is 18.7 Å². The number of hydrogen-bond acceptors (Lipinski definition) is 4. The number of carbonyl (C=O) groups excluding carboxylic acids is 2. The van der Waals surface area contributed by atoms with Crippen molar-refractivity contribution in [3.63, 3.8) is 0 Å². The lowest BCUT2D eigenvalue weighted by Crippen LogP contribution is -2.51. The highest BCUT2D eigenvalue weighted by molar-refractivity contribution is 5.94. The molecular formula is C19H29N3O3. The molecule has 1 aromatic rings. The van der Waals surface area contributed by atoms with Gasteiger partial charge in [0.05, 0.1) is 7.11 Å². The number of hydrogen-bond donors (Lipinski definition) is 1. The third kappa shape index (κ3) is 5.46. The lowest BCUT2D eigenvalue weighted by atomic mass is 10.1. The fourth-order valence-electron chi connectivity index (χ4n) is 2.85. The first-order chi connectivity index (χ1) is 12.0. The van der Waals surface area contributed by atoms with Gasteiger partial charge in [-0.1, -0.05) is 13.8 Å². The van der Waals surface area contributed by atoms with Crippen molar-refractivity contribution in [3.8, 4) is 5.75 Å². The van der Waals surface area contributed by atoms with E-state index in [0.29, 0.717) is 12.1 Å². The topological polar surface area (TPSA) is 61.9 Å². The van der Waals surface area contributed by atoms with Crippen LogP contribution in [0.25, 0.3) is 0 Å². The quantitative estimate of drug-likeness (QED) is 0.814. The van der Waals surface area contributed by atoms with Crippen LogP contribution in [0.4, 0.5) is 0 Å². The lowest BCUT2D eigenvalue weighted by Gasteiger charge is -2.35. The van der Waals surface area contributed by atoms with Crippen LogP contribution in [-0.4, -0.2) is 68.0 Å². The molecule has 1 saturated heterocycles. The third-order valence-corrected chi connectivity index (χ3v) is 4.78. The van der Waals surface area contributed by atoms with Gasteiger partial charge >= 0.3 is 0 Å². The summed E-state index contributed by atoms with van der Waals surface area (Å²) < 4.78 is 5.09. The van der Waals surface area contributed by atoms with Crippen LogP contribution in [0.15, 0.2) is 24.3 Å². The zero-order chi connectivity index (χ0) is 18.2. The minimum atomic E-state index is -0.0757. The van der Waals surface area contributed by atoms with Gasteiger partial charge in [-0.3, -0.25) is 14.5 Å². The van der Waals surface area contributed by atoms with E-state index in [0.717, 1.165) is 44.9 Å². The number of rotatable bonds is 7. The van der Waals surface area contributed by atoms with Crippen LogP contribution in [0.5, 0.6) is 5.75 Å². The number of amides is 2. The average Bonchev–Trinajstić information content (AvgIpc) is 2.67. The Balaban J connectivity index is 1.69. The molecule has 0 unspecified atom stereocenters. The van der Waals surface area contributed by atoms with Crippen LogP contribution in [0.1, 0.15) is 30.6 Å². The van der Waals surface area contributed by atoms with Crippen molar-refractivity contribution in [3.05, 3.63) is 29.8 Å². The number of ether oxygens (including phenoxy) is 1. The van der Waals surface area contributed by atoms with Gasteiger partial charge in [-0.25, -0.2) is 0 Å². The number of methoxy groups -OCH3 is 1. The van der Waals surface area contributed by atoms with Gasteiger partial charge in [0.2, 0.25) is 5.91 Å². The van der Waals surface area contributed by atoms with E-state index in [9.17, 15) is 9.59 Å². The molecule has 0 radical (unpaired) electrons. The first-order valence-electron chi connectivity index (χ1n) is 8.98. The molecule has 1 N–H and O–H groups in total. The highest BCUT2D eigenvalue weighted by Crippen LogP contribution is 2.11. The Morgan fingerprint density at radius 1 is 1.16 bits per heavy atom. The molecule has 25 heavy (non-hydrogen) atoms. The Morgan fingerprint density at radius 2 is 1.80 bits per heavy atom. The van der Waals surface area contributed by atoms with E-state index < -0.39 is 0 Å². The van der Waals surface area contributed by atoms with Crippen molar-refractivity contribution in [2.45, 2.75) is 20.3 Å². The summed E-state index contributed by atoms with van der Waals surface area (Å²) in [4.78, 5) is 28.5. The second-order valence-corrected chi connectivity index (χ2v) is 6.46. The monoisotopic (exact) mass is 347 g/mol. The fourth-order valence-corrected chi connectivity index (χ4v) is 2.85. The molecular weight excluding hydrogens is 318 g/mol. The van der Waals surface area contributed by atoms with Crippen molar-refractivity contribution >= 4 is 11.8 Å².